The van der Waals surface area contributed by atoms with E-state index in [0.29, 0.717) is 15.6 Å². The Morgan fingerprint density at radius 3 is 2.37 bits per heavy atom. The molecule has 0 amide bonds. The molecule has 0 N–H and O–H groups in total. The van der Waals surface area contributed by atoms with Gasteiger partial charge < -0.3 is 4.18 Å². The van der Waals surface area contributed by atoms with Crippen molar-refractivity contribution in [1.29, 1.82) is 0 Å². The summed E-state index contributed by atoms with van der Waals surface area (Å²) in [4.78, 5) is 4.44. The molecular weight excluding hydrogens is 405 g/mol. The number of hydrogen-bond donors (Lipinski definition) is 0. The molecule has 0 bridgehead atoms. The second-order valence-corrected chi connectivity index (χ2v) is 8.17. The number of aryl methyl sites for hydroxylation is 1. The van der Waals surface area contributed by atoms with Gasteiger partial charge in [-0.3, -0.25) is 4.99 Å². The lowest BCUT2D eigenvalue weighted by Crippen LogP contribution is -2.09. The van der Waals surface area contributed by atoms with E-state index < -0.39 is 10.1 Å². The minimum absolute atomic E-state index is 0.0283. The third-order valence-corrected chi connectivity index (χ3v) is 5.44. The summed E-state index contributed by atoms with van der Waals surface area (Å²) in [7, 11) is -3.95. The summed E-state index contributed by atoms with van der Waals surface area (Å²) in [5.74, 6) is 0.191. The van der Waals surface area contributed by atoms with Gasteiger partial charge in [0.05, 0.1) is 5.69 Å². The molecule has 0 atom stereocenters. The zero-order chi connectivity index (χ0) is 19.4. The lowest BCUT2D eigenvalue weighted by atomic mass is 10.2. The number of rotatable bonds is 5. The SMILES string of the molecule is Cc1ccc(Cl)cc1N=Cc1cccc(OS(=O)(=O)c2ccc(Cl)cc2)c1. The molecule has 27 heavy (non-hydrogen) atoms. The van der Waals surface area contributed by atoms with Crippen molar-refractivity contribution >= 4 is 45.2 Å². The van der Waals surface area contributed by atoms with Gasteiger partial charge in [-0.25, -0.2) is 0 Å². The Labute approximate surface area is 168 Å². The third kappa shape index (κ3) is 5.10. The van der Waals surface area contributed by atoms with E-state index in [1.54, 1.807) is 42.6 Å². The van der Waals surface area contributed by atoms with E-state index in [4.69, 9.17) is 27.4 Å². The maximum atomic E-state index is 12.4. The normalized spacial score (nSPS) is 11.7. The molecule has 3 aromatic carbocycles. The largest absolute Gasteiger partial charge is 0.379 e. The summed E-state index contributed by atoms with van der Waals surface area (Å²) in [5.41, 5.74) is 2.41. The van der Waals surface area contributed by atoms with E-state index in [2.05, 4.69) is 4.99 Å². The van der Waals surface area contributed by atoms with Crippen molar-refractivity contribution in [2.75, 3.05) is 0 Å². The Morgan fingerprint density at radius 2 is 1.63 bits per heavy atom. The quantitative estimate of drug-likeness (QED) is 0.386. The minimum Gasteiger partial charge on any atom is -0.379 e. The molecule has 0 saturated heterocycles. The molecule has 138 valence electrons. The van der Waals surface area contributed by atoms with Crippen LogP contribution in [0.3, 0.4) is 0 Å². The molecule has 0 unspecified atom stereocenters. The van der Waals surface area contributed by atoms with Crippen LogP contribution in [0.1, 0.15) is 11.1 Å². The lowest BCUT2D eigenvalue weighted by molar-refractivity contribution is 0.486. The Kier molecular flexibility index (Phi) is 5.85. The van der Waals surface area contributed by atoms with Crippen molar-refractivity contribution in [1.82, 2.24) is 0 Å². The molecule has 3 rings (SSSR count). The van der Waals surface area contributed by atoms with Crippen molar-refractivity contribution in [3.63, 3.8) is 0 Å². The maximum absolute atomic E-state index is 12.4. The fourth-order valence-corrected chi connectivity index (χ4v) is 3.50. The molecule has 0 aliphatic heterocycles. The second kappa shape index (κ2) is 8.13. The van der Waals surface area contributed by atoms with Crippen molar-refractivity contribution in [3.05, 3.63) is 87.9 Å². The van der Waals surface area contributed by atoms with E-state index >= 15 is 0 Å². The van der Waals surface area contributed by atoms with Crippen LogP contribution in [0.15, 0.2) is 76.6 Å². The Balaban J connectivity index is 1.82. The second-order valence-electron chi connectivity index (χ2n) is 5.75. The fourth-order valence-electron chi connectivity index (χ4n) is 2.29. The summed E-state index contributed by atoms with van der Waals surface area (Å²) >= 11 is 11.8. The highest BCUT2D eigenvalue weighted by Crippen LogP contribution is 2.24. The minimum atomic E-state index is -3.95. The third-order valence-electron chi connectivity index (χ3n) is 3.69. The smallest absolute Gasteiger partial charge is 0.339 e. The fraction of sp³-hybridized carbons (Fsp3) is 0.0500. The van der Waals surface area contributed by atoms with E-state index in [0.717, 1.165) is 11.3 Å². The van der Waals surface area contributed by atoms with Gasteiger partial charge in [0, 0.05) is 16.3 Å². The first-order chi connectivity index (χ1) is 12.8. The highest BCUT2D eigenvalue weighted by molar-refractivity contribution is 7.87. The number of halogens is 2. The summed E-state index contributed by atoms with van der Waals surface area (Å²) in [5, 5.41) is 1.04. The average Bonchev–Trinajstić information content (AvgIpc) is 2.63. The summed E-state index contributed by atoms with van der Waals surface area (Å²) in [6, 6.07) is 17.9. The molecular formula is C20H15Cl2NO3S. The van der Waals surface area contributed by atoms with Crippen LogP contribution in [-0.2, 0) is 10.1 Å². The maximum Gasteiger partial charge on any atom is 0.339 e. The first-order valence-corrected chi connectivity index (χ1v) is 10.1. The molecule has 0 saturated carbocycles. The van der Waals surface area contributed by atoms with Gasteiger partial charge in [-0.15, -0.1) is 0 Å². The Hall–Kier alpha value is -2.34. The van der Waals surface area contributed by atoms with Gasteiger partial charge in [0.15, 0.2) is 0 Å². The summed E-state index contributed by atoms with van der Waals surface area (Å²) < 4.78 is 30.0. The van der Waals surface area contributed by atoms with E-state index in [9.17, 15) is 8.42 Å². The van der Waals surface area contributed by atoms with Gasteiger partial charge in [-0.05, 0) is 66.6 Å². The van der Waals surface area contributed by atoms with Gasteiger partial charge in [0.1, 0.15) is 10.6 Å². The van der Waals surface area contributed by atoms with Crippen molar-refractivity contribution < 1.29 is 12.6 Å². The molecule has 0 aromatic heterocycles. The average molecular weight is 420 g/mol. The van der Waals surface area contributed by atoms with Gasteiger partial charge in [0.2, 0.25) is 0 Å². The van der Waals surface area contributed by atoms with E-state index in [-0.39, 0.29) is 10.6 Å². The molecule has 7 heteroatoms. The molecule has 0 fully saturated rings. The zero-order valence-corrected chi connectivity index (χ0v) is 16.6. The van der Waals surface area contributed by atoms with Crippen LogP contribution in [0.5, 0.6) is 5.75 Å². The number of nitrogens with zero attached hydrogens (tertiary/aromatic N) is 1. The van der Waals surface area contributed by atoms with Gasteiger partial charge >= 0.3 is 10.1 Å². The van der Waals surface area contributed by atoms with Crippen LogP contribution in [0, 0.1) is 6.92 Å². The van der Waals surface area contributed by atoms with E-state index in [1.807, 2.05) is 13.0 Å². The molecule has 0 radical (unpaired) electrons. The summed E-state index contributed by atoms with van der Waals surface area (Å²) in [6.45, 7) is 1.93. The first-order valence-electron chi connectivity index (χ1n) is 7.94. The van der Waals surface area contributed by atoms with Gasteiger partial charge in [-0.1, -0.05) is 41.4 Å². The van der Waals surface area contributed by atoms with Crippen molar-refractivity contribution in [2.45, 2.75) is 11.8 Å². The van der Waals surface area contributed by atoms with Crippen LogP contribution < -0.4 is 4.18 Å². The van der Waals surface area contributed by atoms with Gasteiger partial charge in [0.25, 0.3) is 0 Å². The standard InChI is InChI=1S/C20H15Cl2NO3S/c1-14-5-6-17(22)12-20(14)23-13-15-3-2-4-18(11-15)26-27(24,25)19-9-7-16(21)8-10-19/h2-13H,1H3. The number of hydrogen-bond acceptors (Lipinski definition) is 4. The predicted octanol–water partition coefficient (Wildman–Crippen LogP) is 5.82. The zero-order valence-electron chi connectivity index (χ0n) is 14.3. The highest BCUT2D eigenvalue weighted by Gasteiger charge is 2.16. The highest BCUT2D eigenvalue weighted by atomic mass is 35.5. The van der Waals surface area contributed by atoms with Crippen LogP contribution in [0.25, 0.3) is 0 Å². The Bertz CT molecular complexity index is 1090. The molecule has 0 heterocycles. The predicted molar refractivity (Wildman–Crippen MR) is 109 cm³/mol. The molecule has 4 nitrogen and oxygen atoms in total. The molecule has 3 aromatic rings. The van der Waals surface area contributed by atoms with Gasteiger partial charge in [-0.2, -0.15) is 8.42 Å². The molecule has 0 aliphatic carbocycles. The molecule has 0 spiro atoms. The van der Waals surface area contributed by atoms with Crippen LogP contribution in [-0.4, -0.2) is 14.6 Å². The van der Waals surface area contributed by atoms with Crippen molar-refractivity contribution in [3.8, 4) is 5.75 Å². The van der Waals surface area contributed by atoms with Crippen LogP contribution in [0.4, 0.5) is 5.69 Å². The number of benzene rings is 3. The molecule has 0 aliphatic rings. The van der Waals surface area contributed by atoms with E-state index in [1.165, 1.54) is 24.3 Å². The topological polar surface area (TPSA) is 55.7 Å². The first kappa shape index (κ1) is 19.4. The van der Waals surface area contributed by atoms with Crippen molar-refractivity contribution in [2.24, 2.45) is 4.99 Å². The lowest BCUT2D eigenvalue weighted by Gasteiger charge is -2.07. The van der Waals surface area contributed by atoms with Crippen LogP contribution >= 0.6 is 23.2 Å². The monoisotopic (exact) mass is 419 g/mol. The number of aliphatic imine (C=N–C) groups is 1. The Morgan fingerprint density at radius 1 is 0.926 bits per heavy atom. The van der Waals surface area contributed by atoms with Crippen LogP contribution in [0.2, 0.25) is 10.0 Å². The summed E-state index contributed by atoms with van der Waals surface area (Å²) in [6.07, 6.45) is 1.63.